The number of aromatic nitrogens is 2. The Morgan fingerprint density at radius 2 is 1.37 bits per heavy atom. The molecule has 0 aliphatic heterocycles. The quantitative estimate of drug-likeness (QED) is 0.336. The van der Waals surface area contributed by atoms with Crippen molar-refractivity contribution in [3.8, 4) is 0 Å². The van der Waals surface area contributed by atoms with Gasteiger partial charge in [-0.05, 0) is 29.3 Å². The number of hydrogen-bond acceptors (Lipinski definition) is 3. The van der Waals surface area contributed by atoms with E-state index in [0.29, 0.717) is 5.76 Å². The summed E-state index contributed by atoms with van der Waals surface area (Å²) in [5.74, 6) is 0.0110. The number of furan rings is 1. The van der Waals surface area contributed by atoms with Gasteiger partial charge in [-0.3, -0.25) is 10.1 Å². The first-order valence-electron chi connectivity index (χ1n) is 8.58. The number of nitrogens with one attached hydrogen (secondary N) is 2. The zero-order valence-electron chi connectivity index (χ0n) is 14.2. The number of fused-ring (bicyclic) bond motifs is 2. The molecule has 0 atom stereocenters. The van der Waals surface area contributed by atoms with Gasteiger partial charge >= 0.3 is 5.88 Å². The van der Waals surface area contributed by atoms with Crippen molar-refractivity contribution in [1.29, 1.82) is 0 Å². The Balaban J connectivity index is 1.78. The van der Waals surface area contributed by atoms with Crippen molar-refractivity contribution >= 4 is 27.7 Å². The first-order chi connectivity index (χ1) is 13.2. The highest BCUT2D eigenvalue weighted by Gasteiger charge is 2.27. The second-order valence-electron chi connectivity index (χ2n) is 6.45. The highest BCUT2D eigenvalue weighted by molar-refractivity contribution is 5.88. The van der Waals surface area contributed by atoms with E-state index in [0.717, 1.165) is 32.9 Å². The second kappa shape index (κ2) is 5.88. The van der Waals surface area contributed by atoms with Gasteiger partial charge in [0.2, 0.25) is 0 Å². The molecule has 0 spiro atoms. The fraction of sp³-hybridized carbons (Fsp3) is 0.0476. The van der Waals surface area contributed by atoms with Crippen LogP contribution in [-0.2, 0) is 0 Å². The van der Waals surface area contributed by atoms with E-state index >= 15 is 0 Å². The molecule has 27 heavy (non-hydrogen) atoms. The molecule has 0 radical (unpaired) electrons. The fourth-order valence-corrected chi connectivity index (χ4v) is 3.74. The van der Waals surface area contributed by atoms with Gasteiger partial charge in [-0.2, -0.15) is 0 Å². The normalized spacial score (nSPS) is 11.6. The monoisotopic (exact) mass is 357 g/mol. The zero-order chi connectivity index (χ0) is 18.4. The van der Waals surface area contributed by atoms with Crippen molar-refractivity contribution in [3.05, 3.63) is 100 Å². The minimum Gasteiger partial charge on any atom is -0.405 e. The molecular formula is C21H15N3O3. The first kappa shape index (κ1) is 15.5. The van der Waals surface area contributed by atoms with Crippen molar-refractivity contribution < 1.29 is 9.34 Å². The van der Waals surface area contributed by atoms with Crippen molar-refractivity contribution in [2.45, 2.75) is 5.92 Å². The average Bonchev–Trinajstić information content (AvgIpc) is 3.42. The number of hydrogen-bond donors (Lipinski definition) is 2. The number of para-hydroxylation sites is 2. The Labute approximate surface area is 153 Å². The minimum absolute atomic E-state index is 0.255. The molecule has 0 amide bonds. The maximum absolute atomic E-state index is 11.1. The molecule has 0 bridgehead atoms. The Morgan fingerprint density at radius 1 is 0.815 bits per heavy atom. The van der Waals surface area contributed by atoms with E-state index in [-0.39, 0.29) is 11.8 Å². The van der Waals surface area contributed by atoms with Crippen LogP contribution in [0.4, 0.5) is 5.88 Å². The van der Waals surface area contributed by atoms with Crippen molar-refractivity contribution in [2.24, 2.45) is 0 Å². The van der Waals surface area contributed by atoms with Gasteiger partial charge in [0, 0.05) is 34.2 Å². The molecule has 0 fully saturated rings. The summed E-state index contributed by atoms with van der Waals surface area (Å²) in [5, 5.41) is 13.3. The van der Waals surface area contributed by atoms with Crippen LogP contribution in [0.2, 0.25) is 0 Å². The lowest BCUT2D eigenvalue weighted by molar-refractivity contribution is -0.402. The second-order valence-corrected chi connectivity index (χ2v) is 6.45. The van der Waals surface area contributed by atoms with E-state index in [1.165, 1.54) is 6.07 Å². The van der Waals surface area contributed by atoms with E-state index in [1.54, 1.807) is 6.07 Å². The number of aromatic amines is 2. The van der Waals surface area contributed by atoms with Crippen LogP contribution < -0.4 is 0 Å². The molecule has 2 N–H and O–H groups in total. The maximum atomic E-state index is 11.1. The van der Waals surface area contributed by atoms with Gasteiger partial charge in [-0.15, -0.1) is 0 Å². The zero-order valence-corrected chi connectivity index (χ0v) is 14.2. The molecule has 6 heteroatoms. The summed E-state index contributed by atoms with van der Waals surface area (Å²) in [4.78, 5) is 17.2. The maximum Gasteiger partial charge on any atom is 0.433 e. The van der Waals surface area contributed by atoms with Crippen molar-refractivity contribution in [3.63, 3.8) is 0 Å². The molecule has 0 aliphatic carbocycles. The number of rotatable bonds is 4. The molecule has 0 unspecified atom stereocenters. The van der Waals surface area contributed by atoms with Crippen LogP contribution in [0.15, 0.2) is 77.5 Å². The molecule has 6 nitrogen and oxygen atoms in total. The van der Waals surface area contributed by atoms with Gasteiger partial charge in [-0.25, -0.2) is 0 Å². The van der Waals surface area contributed by atoms with E-state index < -0.39 is 4.92 Å². The number of benzene rings is 2. The molecule has 2 aromatic carbocycles. The third-order valence-corrected chi connectivity index (χ3v) is 4.94. The SMILES string of the molecule is O=[N+]([O-])c1ccc(C(c2c[nH]c3ccccc23)c2c[nH]c3ccccc23)o1. The molecule has 3 heterocycles. The average molecular weight is 357 g/mol. The highest BCUT2D eigenvalue weighted by atomic mass is 16.6. The standard InChI is InChI=1S/C21H15N3O3/c25-24(26)20-10-9-19(27-20)21(15-11-22-17-7-3-1-5-13(15)17)16-12-23-18-8-4-2-6-14(16)18/h1-12,21-23H. The summed E-state index contributed by atoms with van der Waals surface area (Å²) in [6.45, 7) is 0. The van der Waals surface area contributed by atoms with Gasteiger partial charge in [0.25, 0.3) is 0 Å². The third kappa shape index (κ3) is 2.42. The predicted octanol–water partition coefficient (Wildman–Crippen LogP) is 5.33. The van der Waals surface area contributed by atoms with Crippen LogP contribution >= 0.6 is 0 Å². The minimum atomic E-state index is -0.509. The largest absolute Gasteiger partial charge is 0.433 e. The molecule has 5 rings (SSSR count). The molecule has 0 saturated carbocycles. The Morgan fingerprint density at radius 3 is 1.89 bits per heavy atom. The molecule has 3 aromatic heterocycles. The van der Waals surface area contributed by atoms with Gasteiger partial charge in [-0.1, -0.05) is 36.4 Å². The van der Waals surface area contributed by atoms with Gasteiger partial charge < -0.3 is 14.4 Å². The molecule has 5 aromatic rings. The topological polar surface area (TPSA) is 87.9 Å². The smallest absolute Gasteiger partial charge is 0.405 e. The van der Waals surface area contributed by atoms with Crippen LogP contribution in [0.25, 0.3) is 21.8 Å². The summed E-state index contributed by atoms with van der Waals surface area (Å²) >= 11 is 0. The van der Waals surface area contributed by atoms with E-state index in [9.17, 15) is 10.1 Å². The van der Waals surface area contributed by atoms with Crippen LogP contribution in [0.1, 0.15) is 22.8 Å². The summed E-state index contributed by atoms with van der Waals surface area (Å²) in [6.07, 6.45) is 3.90. The Hall–Kier alpha value is -3.80. The van der Waals surface area contributed by atoms with Crippen LogP contribution in [-0.4, -0.2) is 14.9 Å². The Kier molecular flexibility index (Phi) is 3.36. The molecule has 132 valence electrons. The van der Waals surface area contributed by atoms with Crippen molar-refractivity contribution in [2.75, 3.05) is 0 Å². The van der Waals surface area contributed by atoms with E-state index in [4.69, 9.17) is 4.42 Å². The van der Waals surface area contributed by atoms with Crippen LogP contribution in [0.5, 0.6) is 0 Å². The lowest BCUT2D eigenvalue weighted by Crippen LogP contribution is -2.01. The van der Waals surface area contributed by atoms with E-state index in [1.807, 2.05) is 60.9 Å². The highest BCUT2D eigenvalue weighted by Crippen LogP contribution is 2.40. The van der Waals surface area contributed by atoms with Gasteiger partial charge in [0.15, 0.2) is 0 Å². The summed E-state index contributed by atoms with van der Waals surface area (Å²) in [5.41, 5.74) is 4.05. The van der Waals surface area contributed by atoms with Gasteiger partial charge in [0.05, 0.1) is 12.0 Å². The number of nitro groups is 1. The summed E-state index contributed by atoms with van der Waals surface area (Å²) in [7, 11) is 0. The first-order valence-corrected chi connectivity index (χ1v) is 8.58. The Bertz CT molecular complexity index is 1200. The fourth-order valence-electron chi connectivity index (χ4n) is 3.74. The van der Waals surface area contributed by atoms with Crippen molar-refractivity contribution in [1.82, 2.24) is 9.97 Å². The lowest BCUT2D eigenvalue weighted by atomic mass is 9.88. The summed E-state index contributed by atoms with van der Waals surface area (Å²) in [6, 6.07) is 19.1. The van der Waals surface area contributed by atoms with E-state index in [2.05, 4.69) is 9.97 Å². The molecule has 0 saturated heterocycles. The summed E-state index contributed by atoms with van der Waals surface area (Å²) < 4.78 is 5.63. The lowest BCUT2D eigenvalue weighted by Gasteiger charge is -2.14. The predicted molar refractivity (Wildman–Crippen MR) is 103 cm³/mol. The van der Waals surface area contributed by atoms with Crippen LogP contribution in [0.3, 0.4) is 0 Å². The van der Waals surface area contributed by atoms with Crippen LogP contribution in [0, 0.1) is 10.1 Å². The molecule has 0 aliphatic rings. The number of H-pyrrole nitrogens is 2. The van der Waals surface area contributed by atoms with Gasteiger partial charge in [0.1, 0.15) is 10.7 Å². The third-order valence-electron chi connectivity index (χ3n) is 4.94. The molecular weight excluding hydrogens is 342 g/mol. The number of nitrogens with zero attached hydrogens (tertiary/aromatic N) is 1.